The first-order valence-electron chi connectivity index (χ1n) is 24.1. The summed E-state index contributed by atoms with van der Waals surface area (Å²) in [6.45, 7) is -0.0750. The molecule has 0 saturated carbocycles. The van der Waals surface area contributed by atoms with Gasteiger partial charge in [-0.15, -0.1) is 0 Å². The molecule has 0 bridgehead atoms. The molecular weight excluding hydrogens is 846 g/mol. The summed E-state index contributed by atoms with van der Waals surface area (Å²) < 4.78 is 0. The molecule has 11 aromatic carbocycles. The zero-order chi connectivity index (χ0) is 46.4. The third kappa shape index (κ3) is 6.92. The van der Waals surface area contributed by atoms with Crippen molar-refractivity contribution in [2.24, 2.45) is 0 Å². The van der Waals surface area contributed by atoms with Crippen molar-refractivity contribution >= 4 is 74.3 Å². The molecule has 0 radical (unpaired) electrons. The summed E-state index contributed by atoms with van der Waals surface area (Å²) in [4.78, 5) is 7.62. The van der Waals surface area contributed by atoms with Gasteiger partial charge >= 0.3 is 0 Å². The van der Waals surface area contributed by atoms with Crippen LogP contribution in [-0.2, 0) is 0 Å². The summed E-state index contributed by atoms with van der Waals surface area (Å²) in [6.07, 6.45) is 0. The molecule has 0 fully saturated rings. The lowest BCUT2D eigenvalue weighted by Crippen LogP contribution is -2.61. The molecule has 0 aliphatic carbocycles. The minimum Gasteiger partial charge on any atom is -0.310 e. The van der Waals surface area contributed by atoms with Gasteiger partial charge in [0.15, 0.2) is 0 Å². The molecule has 2 aliphatic rings. The number of rotatable bonds is 9. The van der Waals surface area contributed by atoms with Crippen molar-refractivity contribution in [3.05, 3.63) is 279 Å². The highest BCUT2D eigenvalue weighted by Gasteiger charge is 2.45. The largest absolute Gasteiger partial charge is 0.310 e. The number of hydrogen-bond acceptors (Lipinski definition) is 3. The van der Waals surface area contributed by atoms with Crippen LogP contribution in [0.4, 0.5) is 51.2 Å². The quantitative estimate of drug-likeness (QED) is 0.134. The summed E-state index contributed by atoms with van der Waals surface area (Å²) in [7, 11) is 0. The van der Waals surface area contributed by atoms with Gasteiger partial charge in [-0.05, 0) is 87.2 Å². The van der Waals surface area contributed by atoms with E-state index < -0.39 is 0 Å². The minimum atomic E-state index is -0.0750. The van der Waals surface area contributed by atoms with E-state index in [4.69, 9.17) is 0 Å². The summed E-state index contributed by atoms with van der Waals surface area (Å²) >= 11 is 0. The number of anilines is 9. The first-order chi connectivity index (χ1) is 34.8. The summed E-state index contributed by atoms with van der Waals surface area (Å²) in [5.41, 5.74) is 23.1. The van der Waals surface area contributed by atoms with Crippen LogP contribution in [-0.4, -0.2) is 6.71 Å². The van der Waals surface area contributed by atoms with Gasteiger partial charge in [0.2, 0.25) is 0 Å². The molecule has 328 valence electrons. The molecule has 0 amide bonds. The smallest absolute Gasteiger partial charge is 0.252 e. The third-order valence-electron chi connectivity index (χ3n) is 14.0. The topological polar surface area (TPSA) is 9.72 Å². The Bertz CT molecular complexity index is 3310. The van der Waals surface area contributed by atoms with Crippen LogP contribution in [0.2, 0.25) is 0 Å². The van der Waals surface area contributed by atoms with E-state index in [-0.39, 0.29) is 6.71 Å². The highest BCUT2D eigenvalue weighted by molar-refractivity contribution is 7.00. The van der Waals surface area contributed by atoms with Gasteiger partial charge in [-0.3, -0.25) is 0 Å². The predicted molar refractivity (Wildman–Crippen MR) is 297 cm³/mol. The number of hydrogen-bond donors (Lipinski definition) is 0. The van der Waals surface area contributed by atoms with E-state index in [1.54, 1.807) is 0 Å². The lowest BCUT2D eigenvalue weighted by atomic mass is 9.33. The van der Waals surface area contributed by atoms with Gasteiger partial charge in [-0.25, -0.2) is 0 Å². The molecule has 11 aromatic rings. The molecule has 2 heterocycles. The normalized spacial score (nSPS) is 12.2. The average Bonchev–Trinajstić information content (AvgIpc) is 3.44. The monoisotopic (exact) mass is 891 g/mol. The van der Waals surface area contributed by atoms with E-state index in [1.165, 1.54) is 16.4 Å². The van der Waals surface area contributed by atoms with Gasteiger partial charge in [-0.2, -0.15) is 0 Å². The van der Waals surface area contributed by atoms with Crippen LogP contribution >= 0.6 is 0 Å². The van der Waals surface area contributed by atoms with Gasteiger partial charge in [0, 0.05) is 56.4 Å². The van der Waals surface area contributed by atoms with E-state index in [2.05, 4.69) is 294 Å². The second kappa shape index (κ2) is 17.5. The molecular formula is C66H46BN3. The highest BCUT2D eigenvalue weighted by Crippen LogP contribution is 2.54. The molecule has 3 nitrogen and oxygen atoms in total. The van der Waals surface area contributed by atoms with Crippen LogP contribution in [0.15, 0.2) is 279 Å². The lowest BCUT2D eigenvalue weighted by Gasteiger charge is -2.46. The maximum Gasteiger partial charge on any atom is 0.252 e. The van der Waals surface area contributed by atoms with Crippen molar-refractivity contribution in [2.75, 3.05) is 14.7 Å². The molecule has 0 saturated heterocycles. The Hall–Kier alpha value is -9.12. The van der Waals surface area contributed by atoms with Crippen LogP contribution in [0.25, 0.3) is 44.5 Å². The SMILES string of the molecule is c1ccc(-c2cccc(-c3ccccc3)c2N2c3ccccc3B3c4ccccc4N(c4c(-c5ccccc5)cccc4-c4ccccc4)c4cc(N(c5ccccc5)c5ccccc5)cc2c43)cc1. The van der Waals surface area contributed by atoms with E-state index >= 15 is 0 Å². The van der Waals surface area contributed by atoms with Crippen molar-refractivity contribution in [3.8, 4) is 44.5 Å². The maximum atomic E-state index is 2.60. The summed E-state index contributed by atoms with van der Waals surface area (Å²) in [6, 6.07) is 102. The minimum absolute atomic E-state index is 0.0750. The predicted octanol–water partition coefficient (Wildman–Crippen LogP) is 15.9. The molecule has 0 aromatic heterocycles. The Morgan fingerprint density at radius 1 is 0.257 bits per heavy atom. The fourth-order valence-electron chi connectivity index (χ4n) is 11.1. The number of para-hydroxylation sites is 6. The van der Waals surface area contributed by atoms with E-state index in [1.807, 2.05) is 0 Å². The van der Waals surface area contributed by atoms with Crippen LogP contribution < -0.4 is 31.1 Å². The van der Waals surface area contributed by atoms with Crippen molar-refractivity contribution < 1.29 is 0 Å². The van der Waals surface area contributed by atoms with E-state index in [9.17, 15) is 0 Å². The van der Waals surface area contributed by atoms with Crippen LogP contribution in [0.3, 0.4) is 0 Å². The molecule has 0 spiro atoms. The number of fused-ring (bicyclic) bond motifs is 4. The zero-order valence-corrected chi connectivity index (χ0v) is 38.5. The molecule has 2 aliphatic heterocycles. The Labute approximate surface area is 410 Å². The molecule has 0 atom stereocenters. The Morgan fingerprint density at radius 3 is 0.900 bits per heavy atom. The van der Waals surface area contributed by atoms with Crippen LogP contribution in [0.1, 0.15) is 0 Å². The molecule has 0 unspecified atom stereocenters. The van der Waals surface area contributed by atoms with Crippen molar-refractivity contribution in [2.45, 2.75) is 0 Å². The standard InChI is InChI=1S/C66H46BN3/c1-7-25-47(26-8-1)54-37-23-38-55(48-27-9-2-10-28-48)65(54)69-60-43-21-19-41-58(60)67-59-42-20-22-44-61(59)70(66-56(49-29-11-3-12-30-49)39-24-40-57(66)50-31-13-4-14-32-50)63-46-53(45-62(69)64(63)67)68(51-33-15-5-16-34-51)52-35-17-6-18-36-52/h1-46H. The number of benzene rings is 11. The van der Waals surface area contributed by atoms with Crippen molar-refractivity contribution in [1.82, 2.24) is 0 Å². The zero-order valence-electron chi connectivity index (χ0n) is 38.5. The number of nitrogens with zero attached hydrogens (tertiary/aromatic N) is 3. The average molecular weight is 892 g/mol. The Balaban J connectivity index is 1.21. The molecule has 4 heteroatoms. The van der Waals surface area contributed by atoms with Gasteiger partial charge in [0.1, 0.15) is 0 Å². The van der Waals surface area contributed by atoms with E-state index in [0.29, 0.717) is 0 Å². The van der Waals surface area contributed by atoms with Gasteiger partial charge < -0.3 is 14.7 Å². The van der Waals surface area contributed by atoms with Gasteiger partial charge in [-0.1, -0.05) is 231 Å². The van der Waals surface area contributed by atoms with Crippen LogP contribution in [0.5, 0.6) is 0 Å². The second-order valence-electron chi connectivity index (χ2n) is 18.0. The molecule has 13 rings (SSSR count). The van der Waals surface area contributed by atoms with E-state index in [0.717, 1.165) is 95.7 Å². The highest BCUT2D eigenvalue weighted by atomic mass is 15.2. The Kier molecular flexibility index (Phi) is 10.3. The first-order valence-corrected chi connectivity index (χ1v) is 24.1. The van der Waals surface area contributed by atoms with Crippen LogP contribution in [0, 0.1) is 0 Å². The lowest BCUT2D eigenvalue weighted by molar-refractivity contribution is 1.23. The Morgan fingerprint density at radius 2 is 0.557 bits per heavy atom. The third-order valence-corrected chi connectivity index (χ3v) is 14.0. The fraction of sp³-hybridized carbons (Fsp3) is 0. The van der Waals surface area contributed by atoms with Gasteiger partial charge in [0.05, 0.1) is 17.1 Å². The molecule has 70 heavy (non-hydrogen) atoms. The first kappa shape index (κ1) is 41.1. The van der Waals surface area contributed by atoms with Crippen molar-refractivity contribution in [1.29, 1.82) is 0 Å². The summed E-state index contributed by atoms with van der Waals surface area (Å²) in [5.74, 6) is 0. The summed E-state index contributed by atoms with van der Waals surface area (Å²) in [5, 5.41) is 0. The maximum absolute atomic E-state index is 2.60. The van der Waals surface area contributed by atoms with Crippen molar-refractivity contribution in [3.63, 3.8) is 0 Å². The van der Waals surface area contributed by atoms with Gasteiger partial charge in [0.25, 0.3) is 6.71 Å². The fourth-order valence-corrected chi connectivity index (χ4v) is 11.1. The second-order valence-corrected chi connectivity index (χ2v) is 18.0. The molecule has 0 N–H and O–H groups in total.